The summed E-state index contributed by atoms with van der Waals surface area (Å²) in [6, 6.07) is 16.9. The van der Waals surface area contributed by atoms with E-state index >= 15 is 0 Å². The van der Waals surface area contributed by atoms with Gasteiger partial charge in [-0.2, -0.15) is 0 Å². The maximum atomic E-state index is 14.1. The summed E-state index contributed by atoms with van der Waals surface area (Å²) in [7, 11) is 1.60. The number of ether oxygens (including phenoxy) is 1. The zero-order valence-corrected chi connectivity index (χ0v) is 23.8. The Kier molecular flexibility index (Phi) is 8.38. The van der Waals surface area contributed by atoms with Crippen molar-refractivity contribution in [2.75, 3.05) is 17.7 Å². The number of nitrogens with one attached hydrogen (secondary N) is 2. The first-order valence-corrected chi connectivity index (χ1v) is 13.5. The van der Waals surface area contributed by atoms with Gasteiger partial charge in [0.1, 0.15) is 17.1 Å². The fourth-order valence-electron chi connectivity index (χ4n) is 4.96. The summed E-state index contributed by atoms with van der Waals surface area (Å²) >= 11 is 0. The molecule has 39 heavy (non-hydrogen) atoms. The van der Waals surface area contributed by atoms with Crippen LogP contribution in [0.1, 0.15) is 64.5 Å². The second-order valence-corrected chi connectivity index (χ2v) is 10.9. The fraction of sp³-hybridized carbons (Fsp3) is 0.344. The molecule has 2 heterocycles. The summed E-state index contributed by atoms with van der Waals surface area (Å²) in [5.74, 6) is 1.27. The van der Waals surface area contributed by atoms with Gasteiger partial charge in [-0.05, 0) is 58.7 Å². The summed E-state index contributed by atoms with van der Waals surface area (Å²) in [5.41, 5.74) is 4.72. The molecular weight excluding hydrogens is 488 g/mol. The first-order chi connectivity index (χ1) is 18.6. The van der Waals surface area contributed by atoms with Crippen molar-refractivity contribution < 1.29 is 9.53 Å². The number of carbonyl (C=O) groups excluding carboxylic acids is 1. The fourth-order valence-corrected chi connectivity index (χ4v) is 4.96. The van der Waals surface area contributed by atoms with E-state index in [1.54, 1.807) is 17.9 Å². The molecule has 0 spiro atoms. The first kappa shape index (κ1) is 27.9. The minimum absolute atomic E-state index is 0.198. The lowest BCUT2D eigenvalue weighted by atomic mass is 9.93. The molecule has 0 atom stereocenters. The molecule has 0 aliphatic heterocycles. The van der Waals surface area contributed by atoms with E-state index in [0.29, 0.717) is 23.5 Å². The van der Waals surface area contributed by atoms with Crippen LogP contribution in [0.25, 0.3) is 22.2 Å². The SMILES string of the molecule is COc1cccc(-c2c(NC(=O)Nc3c(C(C)C)cccc3C(C)C)c(=O)n(CC(C)C)c3ncccc23)c1. The highest BCUT2D eigenvalue weighted by Crippen LogP contribution is 2.36. The van der Waals surface area contributed by atoms with Crippen LogP contribution in [-0.2, 0) is 6.54 Å². The highest BCUT2D eigenvalue weighted by molar-refractivity contribution is 6.07. The number of hydrogen-bond donors (Lipinski definition) is 2. The lowest BCUT2D eigenvalue weighted by molar-refractivity contribution is 0.262. The molecule has 0 saturated heterocycles. The van der Waals surface area contributed by atoms with Crippen LogP contribution < -0.4 is 20.9 Å². The van der Waals surface area contributed by atoms with Gasteiger partial charge in [-0.15, -0.1) is 0 Å². The van der Waals surface area contributed by atoms with E-state index < -0.39 is 6.03 Å². The Labute approximate surface area is 230 Å². The van der Waals surface area contributed by atoms with Gasteiger partial charge in [0, 0.05) is 29.4 Å². The molecule has 7 nitrogen and oxygen atoms in total. The predicted octanol–water partition coefficient (Wildman–Crippen LogP) is 7.62. The third kappa shape index (κ3) is 5.82. The van der Waals surface area contributed by atoms with Gasteiger partial charge < -0.3 is 15.4 Å². The molecule has 0 saturated carbocycles. The molecule has 0 fully saturated rings. The molecule has 4 aromatic rings. The number of carbonyl (C=O) groups is 1. The lowest BCUT2D eigenvalue weighted by Gasteiger charge is -2.22. The molecule has 0 bridgehead atoms. The van der Waals surface area contributed by atoms with Crippen molar-refractivity contribution >= 4 is 28.4 Å². The van der Waals surface area contributed by atoms with Crippen LogP contribution in [0.3, 0.4) is 0 Å². The van der Waals surface area contributed by atoms with E-state index in [4.69, 9.17) is 4.74 Å². The van der Waals surface area contributed by atoms with E-state index in [9.17, 15) is 9.59 Å². The molecule has 4 rings (SSSR count). The van der Waals surface area contributed by atoms with Crippen molar-refractivity contribution in [2.24, 2.45) is 5.92 Å². The van der Waals surface area contributed by atoms with Gasteiger partial charge in [0.25, 0.3) is 5.56 Å². The number of para-hydroxylation sites is 1. The smallest absolute Gasteiger partial charge is 0.323 e. The standard InChI is InChI=1S/C32H38N4O3/c1-19(2)18-36-30-26(15-10-16-33-30)27(22-11-8-12-23(17-22)39-7)29(31(36)37)35-32(38)34-28-24(20(3)4)13-9-14-25(28)21(5)6/h8-17,19-21H,18H2,1-7H3,(H2,34,35,38). The topological polar surface area (TPSA) is 85.3 Å². The van der Waals surface area contributed by atoms with Crippen LogP contribution in [0.5, 0.6) is 5.75 Å². The highest BCUT2D eigenvalue weighted by atomic mass is 16.5. The average molecular weight is 527 g/mol. The molecule has 0 radical (unpaired) electrons. The summed E-state index contributed by atoms with van der Waals surface area (Å²) in [6.07, 6.45) is 1.68. The Hall–Kier alpha value is -4.13. The number of benzene rings is 2. The van der Waals surface area contributed by atoms with Crippen LogP contribution in [-0.4, -0.2) is 22.7 Å². The number of methoxy groups -OCH3 is 1. The van der Waals surface area contributed by atoms with Gasteiger partial charge in [0.15, 0.2) is 0 Å². The molecule has 2 N–H and O–H groups in total. The summed E-state index contributed by atoms with van der Waals surface area (Å²) in [6.45, 7) is 13.0. The molecule has 204 valence electrons. The number of urea groups is 1. The van der Waals surface area contributed by atoms with Crippen LogP contribution in [0.15, 0.2) is 65.6 Å². The maximum absolute atomic E-state index is 14.1. The van der Waals surface area contributed by atoms with E-state index in [0.717, 1.165) is 27.8 Å². The molecule has 2 aromatic heterocycles. The lowest BCUT2D eigenvalue weighted by Crippen LogP contribution is -2.31. The highest BCUT2D eigenvalue weighted by Gasteiger charge is 2.23. The molecule has 0 unspecified atom stereocenters. The van der Waals surface area contributed by atoms with Gasteiger partial charge in [-0.25, -0.2) is 9.78 Å². The number of rotatable bonds is 8. The molecule has 0 aliphatic rings. The molecule has 7 heteroatoms. The number of amides is 2. The van der Waals surface area contributed by atoms with Gasteiger partial charge in [-0.1, -0.05) is 71.9 Å². The van der Waals surface area contributed by atoms with Crippen molar-refractivity contribution in [3.63, 3.8) is 0 Å². The van der Waals surface area contributed by atoms with E-state index in [1.807, 2.05) is 68.4 Å². The quantitative estimate of drug-likeness (QED) is 0.247. The molecule has 2 amide bonds. The average Bonchev–Trinajstić information content (AvgIpc) is 2.90. The number of hydrogen-bond acceptors (Lipinski definition) is 4. The van der Waals surface area contributed by atoms with Gasteiger partial charge >= 0.3 is 6.03 Å². The minimum Gasteiger partial charge on any atom is -0.497 e. The van der Waals surface area contributed by atoms with Crippen LogP contribution in [0.2, 0.25) is 0 Å². The second-order valence-electron chi connectivity index (χ2n) is 10.9. The molecule has 0 aliphatic carbocycles. The third-order valence-corrected chi connectivity index (χ3v) is 6.78. The second kappa shape index (κ2) is 11.7. The molecular formula is C32H38N4O3. The summed E-state index contributed by atoms with van der Waals surface area (Å²) in [4.78, 5) is 32.3. The van der Waals surface area contributed by atoms with E-state index in [1.165, 1.54) is 0 Å². The van der Waals surface area contributed by atoms with Crippen LogP contribution >= 0.6 is 0 Å². The number of nitrogens with zero attached hydrogens (tertiary/aromatic N) is 2. The zero-order valence-electron chi connectivity index (χ0n) is 23.8. The monoisotopic (exact) mass is 526 g/mol. The van der Waals surface area contributed by atoms with E-state index in [-0.39, 0.29) is 29.0 Å². The zero-order chi connectivity index (χ0) is 28.3. The number of pyridine rings is 2. The van der Waals surface area contributed by atoms with Crippen molar-refractivity contribution in [1.29, 1.82) is 0 Å². The van der Waals surface area contributed by atoms with Crippen molar-refractivity contribution in [3.05, 3.63) is 82.3 Å². The largest absolute Gasteiger partial charge is 0.497 e. The van der Waals surface area contributed by atoms with E-state index in [2.05, 4.69) is 43.3 Å². The van der Waals surface area contributed by atoms with Crippen molar-refractivity contribution in [2.45, 2.75) is 59.9 Å². The van der Waals surface area contributed by atoms with Gasteiger partial charge in [-0.3, -0.25) is 9.36 Å². The minimum atomic E-state index is -0.467. The predicted molar refractivity (Wildman–Crippen MR) is 160 cm³/mol. The van der Waals surface area contributed by atoms with Gasteiger partial charge in [0.2, 0.25) is 0 Å². The number of anilines is 2. The van der Waals surface area contributed by atoms with Gasteiger partial charge in [0.05, 0.1) is 7.11 Å². The number of fused-ring (bicyclic) bond motifs is 1. The Morgan fingerprint density at radius 1 is 0.897 bits per heavy atom. The van der Waals surface area contributed by atoms with Crippen molar-refractivity contribution in [1.82, 2.24) is 9.55 Å². The Morgan fingerprint density at radius 3 is 2.15 bits per heavy atom. The summed E-state index contributed by atoms with van der Waals surface area (Å²) in [5, 5.41) is 6.81. The third-order valence-electron chi connectivity index (χ3n) is 6.78. The summed E-state index contributed by atoms with van der Waals surface area (Å²) < 4.78 is 7.12. The Morgan fingerprint density at radius 2 is 1.54 bits per heavy atom. The Bertz CT molecular complexity index is 1530. The van der Waals surface area contributed by atoms with Crippen molar-refractivity contribution in [3.8, 4) is 16.9 Å². The van der Waals surface area contributed by atoms with Crippen LogP contribution in [0.4, 0.5) is 16.2 Å². The molecule has 2 aromatic carbocycles. The number of aromatic nitrogens is 2. The first-order valence-electron chi connectivity index (χ1n) is 13.5. The maximum Gasteiger partial charge on any atom is 0.323 e. The normalized spacial score (nSPS) is 11.4. The Balaban J connectivity index is 1.91. The van der Waals surface area contributed by atoms with Crippen LogP contribution in [0, 0.1) is 5.92 Å².